The Morgan fingerprint density at radius 2 is 1.81 bits per heavy atom. The van der Waals surface area contributed by atoms with Crippen LogP contribution in [-0.2, 0) is 21.2 Å². The van der Waals surface area contributed by atoms with Gasteiger partial charge in [0.1, 0.15) is 6.10 Å². The Hall–Kier alpha value is -2.52. The van der Waals surface area contributed by atoms with Crippen LogP contribution in [0.4, 0.5) is 13.6 Å². The molecule has 0 aromatic heterocycles. The Morgan fingerprint density at radius 1 is 1.12 bits per heavy atom. The van der Waals surface area contributed by atoms with Crippen LogP contribution >= 0.6 is 0 Å². The Bertz CT molecular complexity index is 1070. The van der Waals surface area contributed by atoms with Crippen molar-refractivity contribution in [3.63, 3.8) is 0 Å². The molecule has 1 N–H and O–H groups in total. The van der Waals surface area contributed by atoms with Gasteiger partial charge in [-0.3, -0.25) is 0 Å². The van der Waals surface area contributed by atoms with Gasteiger partial charge in [-0.15, -0.1) is 0 Å². The van der Waals surface area contributed by atoms with Crippen molar-refractivity contribution in [1.29, 1.82) is 0 Å². The highest BCUT2D eigenvalue weighted by Crippen LogP contribution is 2.40. The summed E-state index contributed by atoms with van der Waals surface area (Å²) in [5, 5.41) is 0. The zero-order valence-electron chi connectivity index (χ0n) is 17.7. The molecule has 1 saturated heterocycles. The number of likely N-dealkylation sites (tertiary alicyclic amines) is 1. The first kappa shape index (κ1) is 22.7. The van der Waals surface area contributed by atoms with Gasteiger partial charge >= 0.3 is 6.09 Å². The fourth-order valence-electron chi connectivity index (χ4n) is 4.40. The molecule has 2 atom stereocenters. The van der Waals surface area contributed by atoms with E-state index in [-0.39, 0.29) is 6.54 Å². The number of amides is 1. The normalized spacial score (nSPS) is 23.0. The first-order chi connectivity index (χ1) is 15.1. The molecule has 2 aromatic rings. The van der Waals surface area contributed by atoms with Crippen molar-refractivity contribution >= 4 is 16.1 Å². The molecule has 0 radical (unpaired) electrons. The Morgan fingerprint density at radius 3 is 2.47 bits per heavy atom. The van der Waals surface area contributed by atoms with Crippen LogP contribution in [0.2, 0.25) is 0 Å². The number of hydrogen-bond donors (Lipinski definition) is 1. The van der Waals surface area contributed by atoms with E-state index in [1.807, 2.05) is 54.6 Å². The molecule has 1 saturated carbocycles. The summed E-state index contributed by atoms with van der Waals surface area (Å²) in [7, 11) is -3.49. The summed E-state index contributed by atoms with van der Waals surface area (Å²) >= 11 is 0. The van der Waals surface area contributed by atoms with Crippen molar-refractivity contribution in [1.82, 2.24) is 9.62 Å². The number of hydrogen-bond acceptors (Lipinski definition) is 4. The van der Waals surface area contributed by atoms with Crippen molar-refractivity contribution < 1.29 is 26.7 Å². The van der Waals surface area contributed by atoms with Crippen LogP contribution < -0.4 is 4.72 Å². The largest absolute Gasteiger partial charge is 0.446 e. The van der Waals surface area contributed by atoms with Crippen LogP contribution in [0.25, 0.3) is 11.1 Å². The summed E-state index contributed by atoms with van der Waals surface area (Å²) in [6, 6.07) is 16.7. The lowest BCUT2D eigenvalue weighted by atomic mass is 9.91. The molecule has 0 spiro atoms. The van der Waals surface area contributed by atoms with Gasteiger partial charge < -0.3 is 9.64 Å². The van der Waals surface area contributed by atoms with Gasteiger partial charge in [0.05, 0.1) is 12.3 Å². The van der Waals surface area contributed by atoms with Gasteiger partial charge in [-0.1, -0.05) is 54.6 Å². The van der Waals surface area contributed by atoms with Crippen molar-refractivity contribution in [2.24, 2.45) is 0 Å². The molecule has 172 valence electrons. The van der Waals surface area contributed by atoms with Crippen molar-refractivity contribution in [2.75, 3.05) is 12.8 Å². The van der Waals surface area contributed by atoms with E-state index in [2.05, 4.69) is 4.72 Å². The molecule has 0 unspecified atom stereocenters. The van der Waals surface area contributed by atoms with Crippen molar-refractivity contribution in [2.45, 2.75) is 49.8 Å². The van der Waals surface area contributed by atoms with E-state index in [0.29, 0.717) is 12.8 Å². The van der Waals surface area contributed by atoms with E-state index in [9.17, 15) is 22.0 Å². The highest BCUT2D eigenvalue weighted by atomic mass is 32.2. The van der Waals surface area contributed by atoms with Crippen LogP contribution in [0.3, 0.4) is 0 Å². The van der Waals surface area contributed by atoms with Crippen LogP contribution in [0.15, 0.2) is 54.6 Å². The zero-order valence-corrected chi connectivity index (χ0v) is 18.5. The molecule has 1 aliphatic carbocycles. The lowest BCUT2D eigenvalue weighted by Crippen LogP contribution is -2.50. The number of halogens is 2. The van der Waals surface area contributed by atoms with Gasteiger partial charge in [-0.25, -0.2) is 26.7 Å². The van der Waals surface area contributed by atoms with E-state index in [4.69, 9.17) is 4.74 Å². The van der Waals surface area contributed by atoms with Crippen LogP contribution in [0.5, 0.6) is 0 Å². The number of carbonyl (C=O) groups is 1. The molecule has 9 heteroatoms. The number of nitrogens with zero attached hydrogens (tertiary/aromatic N) is 1. The van der Waals surface area contributed by atoms with Crippen molar-refractivity contribution in [3.05, 3.63) is 60.2 Å². The first-order valence-electron chi connectivity index (χ1n) is 10.6. The molecule has 1 aliphatic heterocycles. The fourth-order valence-corrected chi connectivity index (χ4v) is 5.22. The standard InChI is InChI=1S/C23H26F2N2O4S/c1-32(29,30)26-20-10-11-27(22(28)31-19-14-23(24,25)15-19)21(20)13-16-6-5-9-18(12-16)17-7-3-2-4-8-17/h2-9,12,19-21,26H,10-11,13-15H2,1H3/t20-,21-/m0/s1. The third-order valence-electron chi connectivity index (χ3n) is 5.94. The molecule has 2 fully saturated rings. The van der Waals surface area contributed by atoms with Crippen LogP contribution in [0.1, 0.15) is 24.8 Å². The zero-order chi connectivity index (χ0) is 22.9. The molecular formula is C23H26F2N2O4S. The van der Waals surface area contributed by atoms with Gasteiger partial charge in [-0.2, -0.15) is 0 Å². The topological polar surface area (TPSA) is 75.7 Å². The monoisotopic (exact) mass is 464 g/mol. The predicted octanol–water partition coefficient (Wildman–Crippen LogP) is 3.82. The van der Waals surface area contributed by atoms with E-state index in [1.165, 1.54) is 4.90 Å². The van der Waals surface area contributed by atoms with Gasteiger partial charge in [0.25, 0.3) is 5.92 Å². The molecule has 1 amide bonds. The summed E-state index contributed by atoms with van der Waals surface area (Å²) in [5.41, 5.74) is 3.00. The average Bonchev–Trinajstić information content (AvgIpc) is 3.08. The molecule has 2 aromatic carbocycles. The lowest BCUT2D eigenvalue weighted by Gasteiger charge is -2.36. The molecule has 6 nitrogen and oxygen atoms in total. The molecule has 32 heavy (non-hydrogen) atoms. The second kappa shape index (κ2) is 8.78. The predicted molar refractivity (Wildman–Crippen MR) is 117 cm³/mol. The number of carbonyl (C=O) groups excluding carboxylic acids is 1. The smallest absolute Gasteiger partial charge is 0.410 e. The quantitative estimate of drug-likeness (QED) is 0.705. The number of sulfonamides is 1. The van der Waals surface area contributed by atoms with Crippen LogP contribution in [0, 0.1) is 0 Å². The second-order valence-electron chi connectivity index (χ2n) is 8.59. The summed E-state index contributed by atoms with van der Waals surface area (Å²) in [6.07, 6.45) is -0.509. The van der Waals surface area contributed by atoms with Gasteiger partial charge in [-0.05, 0) is 29.5 Å². The minimum absolute atomic E-state index is 0.290. The molecule has 0 bridgehead atoms. The minimum Gasteiger partial charge on any atom is -0.446 e. The van der Waals surface area contributed by atoms with Gasteiger partial charge in [0.2, 0.25) is 10.0 Å². The Labute approximate surface area is 186 Å². The summed E-state index contributed by atoms with van der Waals surface area (Å²) < 4.78 is 57.9. The van der Waals surface area contributed by atoms with Gasteiger partial charge in [0.15, 0.2) is 0 Å². The third kappa shape index (κ3) is 5.45. The average molecular weight is 465 g/mol. The second-order valence-corrected chi connectivity index (χ2v) is 10.4. The maximum Gasteiger partial charge on any atom is 0.410 e. The van der Waals surface area contributed by atoms with E-state index < -0.39 is 53.1 Å². The minimum atomic E-state index is -3.49. The van der Waals surface area contributed by atoms with Crippen molar-refractivity contribution in [3.8, 4) is 11.1 Å². The SMILES string of the molecule is CS(=O)(=O)N[C@H]1CCN(C(=O)OC2CC(F)(F)C2)[C@H]1Cc1cccc(-c2ccccc2)c1. The van der Waals surface area contributed by atoms with E-state index in [0.717, 1.165) is 22.9 Å². The number of ether oxygens (including phenoxy) is 1. The first-order valence-corrected chi connectivity index (χ1v) is 12.5. The lowest BCUT2D eigenvalue weighted by molar-refractivity contribution is -0.148. The van der Waals surface area contributed by atoms with Gasteiger partial charge in [0, 0.05) is 25.4 Å². The maximum absolute atomic E-state index is 13.1. The van der Waals surface area contributed by atoms with E-state index in [1.54, 1.807) is 0 Å². The third-order valence-corrected chi connectivity index (χ3v) is 6.68. The van der Waals surface area contributed by atoms with E-state index >= 15 is 0 Å². The molecular weight excluding hydrogens is 438 g/mol. The fraction of sp³-hybridized carbons (Fsp3) is 0.435. The number of alkyl halides is 2. The highest BCUT2D eigenvalue weighted by Gasteiger charge is 2.49. The summed E-state index contributed by atoms with van der Waals surface area (Å²) in [5.74, 6) is -2.78. The number of benzene rings is 2. The summed E-state index contributed by atoms with van der Waals surface area (Å²) in [4.78, 5) is 14.2. The Balaban J connectivity index is 1.53. The highest BCUT2D eigenvalue weighted by molar-refractivity contribution is 7.88. The maximum atomic E-state index is 13.1. The molecule has 4 rings (SSSR count). The Kier molecular flexibility index (Phi) is 6.22. The number of nitrogens with one attached hydrogen (secondary N) is 1. The number of rotatable bonds is 6. The summed E-state index contributed by atoms with van der Waals surface area (Å²) in [6.45, 7) is 0.290. The molecule has 2 aliphatic rings. The van der Waals surface area contributed by atoms with Crippen LogP contribution in [-0.4, -0.2) is 56.3 Å². The molecule has 1 heterocycles.